The van der Waals surface area contributed by atoms with Crippen molar-refractivity contribution in [3.05, 3.63) is 48.0 Å². The predicted octanol–water partition coefficient (Wildman–Crippen LogP) is 4.68. The molecule has 0 radical (unpaired) electrons. The molecular weight excluding hydrogens is 339 g/mol. The van der Waals surface area contributed by atoms with Crippen LogP contribution in [0, 0.1) is 0 Å². The second kappa shape index (κ2) is 6.95. The quantitative estimate of drug-likeness (QED) is 0.568. The maximum atomic E-state index is 12.4. The van der Waals surface area contributed by atoms with Crippen molar-refractivity contribution in [2.45, 2.75) is 64.5 Å². The summed E-state index contributed by atoms with van der Waals surface area (Å²) >= 11 is 0. The molecular formula is C22H29BO4. The molecule has 0 amide bonds. The fraction of sp³-hybridized carbons (Fsp3) is 0.500. The Balaban J connectivity index is 2.05. The van der Waals surface area contributed by atoms with Crippen molar-refractivity contribution in [2.24, 2.45) is 0 Å². The van der Waals surface area contributed by atoms with Crippen LogP contribution in [-0.2, 0) is 24.2 Å². The summed E-state index contributed by atoms with van der Waals surface area (Å²) in [5.41, 5.74) is 0.0715. The molecule has 0 unspecified atom stereocenters. The molecule has 0 N–H and O–H groups in total. The molecule has 1 saturated heterocycles. The molecule has 1 aliphatic heterocycles. The van der Waals surface area contributed by atoms with Crippen molar-refractivity contribution < 1.29 is 18.8 Å². The molecule has 0 aromatic heterocycles. The molecule has 4 nitrogen and oxygen atoms in total. The van der Waals surface area contributed by atoms with Gasteiger partial charge >= 0.3 is 13.1 Å². The Morgan fingerprint density at radius 3 is 2.22 bits per heavy atom. The number of hydrogen-bond acceptors (Lipinski definition) is 4. The van der Waals surface area contributed by atoms with Crippen LogP contribution in [-0.4, -0.2) is 30.9 Å². The number of carbonyl (C=O) groups excluding carboxylic acids is 1. The van der Waals surface area contributed by atoms with Gasteiger partial charge in [0.05, 0.1) is 24.2 Å². The van der Waals surface area contributed by atoms with E-state index in [1.807, 2.05) is 53.7 Å². The summed E-state index contributed by atoms with van der Waals surface area (Å²) < 4.78 is 17.9. The summed E-state index contributed by atoms with van der Waals surface area (Å²) in [6.45, 7) is 12.3. The number of esters is 1. The first-order valence-electron chi connectivity index (χ1n) is 9.59. The van der Waals surface area contributed by atoms with Gasteiger partial charge in [-0.25, -0.2) is 0 Å². The van der Waals surface area contributed by atoms with Crippen LogP contribution in [0.15, 0.2) is 42.5 Å². The Labute approximate surface area is 162 Å². The molecule has 0 aliphatic carbocycles. The molecule has 2 aromatic carbocycles. The molecule has 3 rings (SSSR count). The fourth-order valence-corrected chi connectivity index (χ4v) is 3.48. The molecule has 0 saturated carbocycles. The minimum atomic E-state index is -0.665. The highest BCUT2D eigenvalue weighted by Crippen LogP contribution is 2.45. The lowest BCUT2D eigenvalue weighted by Crippen LogP contribution is -2.45. The highest BCUT2D eigenvalue weighted by atomic mass is 16.7. The normalized spacial score (nSPS) is 20.4. The lowest BCUT2D eigenvalue weighted by atomic mass is 9.53. The largest absolute Gasteiger partial charge is 0.469 e. The second-order valence-corrected chi connectivity index (χ2v) is 8.55. The van der Waals surface area contributed by atoms with Gasteiger partial charge in [0.15, 0.2) is 0 Å². The molecule has 1 heterocycles. The number of carbonyl (C=O) groups is 1. The summed E-state index contributed by atoms with van der Waals surface area (Å²) in [5, 5.41) is 1.62. The number of hydrogen-bond donors (Lipinski definition) is 0. The minimum absolute atomic E-state index is 0.190. The van der Waals surface area contributed by atoms with Crippen molar-refractivity contribution in [1.82, 2.24) is 0 Å². The smallest absolute Gasteiger partial charge is 0.466 e. The van der Waals surface area contributed by atoms with Gasteiger partial charge in [-0.3, -0.25) is 4.79 Å². The van der Waals surface area contributed by atoms with Crippen LogP contribution in [0.2, 0.25) is 0 Å². The van der Waals surface area contributed by atoms with E-state index in [4.69, 9.17) is 14.0 Å². The van der Waals surface area contributed by atoms with Crippen LogP contribution in [0.3, 0.4) is 0 Å². The molecule has 5 heteroatoms. The van der Waals surface area contributed by atoms with E-state index in [1.54, 1.807) is 0 Å². The van der Waals surface area contributed by atoms with E-state index in [1.165, 1.54) is 0 Å². The van der Waals surface area contributed by atoms with E-state index >= 15 is 0 Å². The second-order valence-electron chi connectivity index (χ2n) is 8.55. The topological polar surface area (TPSA) is 44.8 Å². The molecule has 2 aromatic rings. The highest BCUT2D eigenvalue weighted by molar-refractivity contribution is 6.50. The molecule has 1 fully saturated rings. The third-order valence-corrected chi connectivity index (χ3v) is 6.00. The maximum absolute atomic E-state index is 12.4. The van der Waals surface area contributed by atoms with Crippen LogP contribution in [0.4, 0.5) is 0 Å². The van der Waals surface area contributed by atoms with Gasteiger partial charge in [0.2, 0.25) is 0 Å². The third-order valence-electron chi connectivity index (χ3n) is 6.00. The highest BCUT2D eigenvalue weighted by Gasteiger charge is 2.59. The standard InChI is InChI=1S/C22H29BO4/c1-7-25-19(24)15-22(6,23-26-20(2,3)21(4,5)27-23)18-13-12-16-10-8-9-11-17(16)14-18/h8-14H,7,15H2,1-6H3/t22-/m1/s1. The van der Waals surface area contributed by atoms with Gasteiger partial charge in [-0.05, 0) is 51.0 Å². The van der Waals surface area contributed by atoms with Crippen LogP contribution < -0.4 is 0 Å². The van der Waals surface area contributed by atoms with E-state index in [-0.39, 0.29) is 12.4 Å². The zero-order valence-electron chi connectivity index (χ0n) is 17.2. The zero-order valence-corrected chi connectivity index (χ0v) is 17.2. The van der Waals surface area contributed by atoms with E-state index in [2.05, 4.69) is 30.3 Å². The Bertz CT molecular complexity index is 829. The number of benzene rings is 2. The van der Waals surface area contributed by atoms with Gasteiger partial charge in [0.25, 0.3) is 0 Å². The van der Waals surface area contributed by atoms with Crippen LogP contribution >= 0.6 is 0 Å². The zero-order chi connectivity index (χ0) is 19.9. The number of rotatable bonds is 5. The first kappa shape index (κ1) is 19.9. The van der Waals surface area contributed by atoms with Crippen LogP contribution in [0.5, 0.6) is 0 Å². The van der Waals surface area contributed by atoms with E-state index in [0.29, 0.717) is 6.61 Å². The molecule has 0 spiro atoms. The SMILES string of the molecule is CCOC(=O)C[C@@](C)(B1OC(C)(C)C(C)(C)O1)c1ccc2ccccc2c1. The van der Waals surface area contributed by atoms with E-state index in [9.17, 15) is 4.79 Å². The van der Waals surface area contributed by atoms with Gasteiger partial charge in [-0.1, -0.05) is 49.4 Å². The fourth-order valence-electron chi connectivity index (χ4n) is 3.48. The third kappa shape index (κ3) is 3.63. The number of ether oxygens (including phenoxy) is 1. The molecule has 144 valence electrons. The van der Waals surface area contributed by atoms with Crippen molar-refractivity contribution >= 4 is 23.9 Å². The van der Waals surface area contributed by atoms with Crippen molar-refractivity contribution in [3.8, 4) is 0 Å². The lowest BCUT2D eigenvalue weighted by molar-refractivity contribution is -0.144. The average Bonchev–Trinajstić information content (AvgIpc) is 2.82. The Kier molecular flexibility index (Phi) is 5.13. The van der Waals surface area contributed by atoms with Gasteiger partial charge in [-0.2, -0.15) is 0 Å². The predicted molar refractivity (Wildman–Crippen MR) is 109 cm³/mol. The molecule has 1 atom stereocenters. The maximum Gasteiger partial charge on any atom is 0.469 e. The summed E-state index contributed by atoms with van der Waals surface area (Å²) in [7, 11) is -0.548. The van der Waals surface area contributed by atoms with Gasteiger partial charge < -0.3 is 14.0 Å². The van der Waals surface area contributed by atoms with Crippen molar-refractivity contribution in [1.29, 1.82) is 0 Å². The summed E-state index contributed by atoms with van der Waals surface area (Å²) in [4.78, 5) is 12.4. The van der Waals surface area contributed by atoms with Gasteiger partial charge in [0, 0.05) is 5.31 Å². The Hall–Kier alpha value is -1.85. The average molecular weight is 368 g/mol. The molecule has 27 heavy (non-hydrogen) atoms. The summed E-state index contributed by atoms with van der Waals surface area (Å²) in [5.74, 6) is -0.247. The summed E-state index contributed by atoms with van der Waals surface area (Å²) in [6.07, 6.45) is 0.190. The first-order valence-corrected chi connectivity index (χ1v) is 9.59. The monoisotopic (exact) mass is 368 g/mol. The minimum Gasteiger partial charge on any atom is -0.466 e. The van der Waals surface area contributed by atoms with Crippen molar-refractivity contribution in [2.75, 3.05) is 6.61 Å². The lowest BCUT2D eigenvalue weighted by Gasteiger charge is -2.32. The molecule has 0 bridgehead atoms. The van der Waals surface area contributed by atoms with Crippen LogP contribution in [0.25, 0.3) is 10.8 Å². The van der Waals surface area contributed by atoms with E-state index in [0.717, 1.165) is 16.3 Å². The molecule has 1 aliphatic rings. The van der Waals surface area contributed by atoms with Gasteiger partial charge in [-0.15, -0.1) is 0 Å². The number of fused-ring (bicyclic) bond motifs is 1. The van der Waals surface area contributed by atoms with Crippen molar-refractivity contribution in [3.63, 3.8) is 0 Å². The first-order chi connectivity index (χ1) is 12.6. The summed E-state index contributed by atoms with van der Waals surface area (Å²) in [6, 6.07) is 14.5. The van der Waals surface area contributed by atoms with Gasteiger partial charge in [0.1, 0.15) is 0 Å². The Morgan fingerprint density at radius 2 is 1.63 bits per heavy atom. The Morgan fingerprint density at radius 1 is 1.04 bits per heavy atom. The van der Waals surface area contributed by atoms with Crippen LogP contribution in [0.1, 0.15) is 53.5 Å². The van der Waals surface area contributed by atoms with E-state index < -0.39 is 23.6 Å².